The summed E-state index contributed by atoms with van der Waals surface area (Å²) in [4.78, 5) is 15.4. The second-order valence-corrected chi connectivity index (χ2v) is 13.0. The van der Waals surface area contributed by atoms with Crippen molar-refractivity contribution in [2.24, 2.45) is 0 Å². The molecule has 3 aromatic heterocycles. The van der Waals surface area contributed by atoms with Crippen LogP contribution in [0.5, 0.6) is 0 Å². The second kappa shape index (κ2) is 10.6. The van der Waals surface area contributed by atoms with Crippen LogP contribution in [0.15, 0.2) is 148 Å². The molecule has 0 N–H and O–H groups in total. The molecular weight excluding hydrogens is 603 g/mol. The van der Waals surface area contributed by atoms with Crippen LogP contribution in [0.3, 0.4) is 0 Å². The largest absolute Gasteiger partial charge is 0.456 e. The normalized spacial score (nSPS) is 15.8. The Balaban J connectivity index is 1.16. The minimum atomic E-state index is -0.295. The lowest BCUT2D eigenvalue weighted by Gasteiger charge is -2.32. The molecule has 0 fully saturated rings. The first-order valence-corrected chi connectivity index (χ1v) is 16.6. The van der Waals surface area contributed by atoms with Gasteiger partial charge in [-0.05, 0) is 71.3 Å². The molecule has 1 atom stereocenters. The Bertz CT molecular complexity index is 2790. The van der Waals surface area contributed by atoms with Gasteiger partial charge in [-0.1, -0.05) is 104 Å². The number of hydrogen-bond donors (Lipinski definition) is 0. The predicted octanol–water partition coefficient (Wildman–Crippen LogP) is 11.4. The molecule has 1 unspecified atom stereocenters. The molecule has 0 saturated heterocycles. The van der Waals surface area contributed by atoms with E-state index in [4.69, 9.17) is 23.8 Å². The zero-order chi connectivity index (χ0) is 32.5. The van der Waals surface area contributed by atoms with Crippen molar-refractivity contribution in [1.29, 1.82) is 0 Å². The maximum atomic E-state index is 6.31. The van der Waals surface area contributed by atoms with Crippen molar-refractivity contribution >= 4 is 49.8 Å². The van der Waals surface area contributed by atoms with Crippen LogP contribution in [-0.2, 0) is 5.41 Å². The maximum absolute atomic E-state index is 6.31. The lowest BCUT2D eigenvalue weighted by Crippen LogP contribution is -2.25. The first-order chi connectivity index (χ1) is 24.1. The van der Waals surface area contributed by atoms with Gasteiger partial charge in [0.05, 0.1) is 0 Å². The second-order valence-electron chi connectivity index (χ2n) is 13.0. The molecule has 0 aliphatic heterocycles. The Hall–Kier alpha value is -6.33. The van der Waals surface area contributed by atoms with Gasteiger partial charge in [0.25, 0.3) is 0 Å². The lowest BCUT2D eigenvalue weighted by atomic mass is 9.70. The number of hydrogen-bond acceptors (Lipinski definition) is 5. The molecule has 0 spiro atoms. The maximum Gasteiger partial charge on any atom is 0.164 e. The fourth-order valence-corrected chi connectivity index (χ4v) is 7.48. The number of aromatic nitrogens is 3. The molecule has 6 aromatic carbocycles. The minimum absolute atomic E-state index is 0.295. The van der Waals surface area contributed by atoms with Crippen molar-refractivity contribution in [3.63, 3.8) is 0 Å². The van der Waals surface area contributed by atoms with Crippen LogP contribution >= 0.6 is 0 Å². The van der Waals surface area contributed by atoms with Gasteiger partial charge >= 0.3 is 0 Å². The highest BCUT2D eigenvalue weighted by Gasteiger charge is 2.36. The highest BCUT2D eigenvalue weighted by atomic mass is 16.3. The first kappa shape index (κ1) is 27.8. The van der Waals surface area contributed by atoms with Crippen LogP contribution in [-0.4, -0.2) is 15.0 Å². The van der Waals surface area contributed by atoms with Gasteiger partial charge in [0.15, 0.2) is 17.5 Å². The molecule has 5 heteroatoms. The summed E-state index contributed by atoms with van der Waals surface area (Å²) >= 11 is 0. The van der Waals surface area contributed by atoms with Gasteiger partial charge in [-0.25, -0.2) is 15.0 Å². The van der Waals surface area contributed by atoms with Crippen LogP contribution < -0.4 is 0 Å². The van der Waals surface area contributed by atoms with Gasteiger partial charge in [0.2, 0.25) is 0 Å². The van der Waals surface area contributed by atoms with E-state index in [9.17, 15) is 0 Å². The van der Waals surface area contributed by atoms with Gasteiger partial charge in [-0.2, -0.15) is 0 Å². The Labute approximate surface area is 282 Å². The molecule has 0 saturated carbocycles. The van der Waals surface area contributed by atoms with E-state index in [0.717, 1.165) is 67.2 Å². The zero-order valence-electron chi connectivity index (χ0n) is 26.7. The van der Waals surface area contributed by atoms with Crippen molar-refractivity contribution in [2.45, 2.75) is 18.8 Å². The fraction of sp³-hybridized carbons (Fsp3) is 0.0682. The van der Waals surface area contributed by atoms with Crippen molar-refractivity contribution in [3.05, 3.63) is 156 Å². The number of benzene rings is 6. The number of rotatable bonds is 4. The molecule has 10 rings (SSSR count). The van der Waals surface area contributed by atoms with E-state index in [1.807, 2.05) is 42.5 Å². The summed E-state index contributed by atoms with van der Waals surface area (Å²) in [6.45, 7) is 2.31. The number of nitrogens with zero attached hydrogens (tertiary/aromatic N) is 3. The highest BCUT2D eigenvalue weighted by molar-refractivity contribution is 6.06. The summed E-state index contributed by atoms with van der Waals surface area (Å²) in [7, 11) is 0. The molecule has 0 bridgehead atoms. The third-order valence-corrected chi connectivity index (χ3v) is 10.0. The number of allylic oxidation sites excluding steroid dienone is 1. The zero-order valence-corrected chi connectivity index (χ0v) is 26.7. The SMILES string of the molecule is CC1(c2cccc(-c3nc(-c4ccc5ccccc5c4)nc(-c4ccc5oc6ccccc6c5c4)n3)c2)CC=Cc2oc3ccccc3c21. The molecule has 3 heterocycles. The summed E-state index contributed by atoms with van der Waals surface area (Å²) in [6, 6.07) is 46.0. The summed E-state index contributed by atoms with van der Waals surface area (Å²) in [5, 5.41) is 5.56. The fourth-order valence-electron chi connectivity index (χ4n) is 7.48. The van der Waals surface area contributed by atoms with E-state index in [-0.39, 0.29) is 5.41 Å². The van der Waals surface area contributed by atoms with E-state index >= 15 is 0 Å². The monoisotopic (exact) mass is 631 g/mol. The average molecular weight is 632 g/mol. The third-order valence-electron chi connectivity index (χ3n) is 10.0. The van der Waals surface area contributed by atoms with Crippen LogP contribution in [0.4, 0.5) is 0 Å². The van der Waals surface area contributed by atoms with Crippen molar-refractivity contribution in [2.75, 3.05) is 0 Å². The topological polar surface area (TPSA) is 65.0 Å². The molecule has 5 nitrogen and oxygen atoms in total. The Morgan fingerprint density at radius 2 is 1.14 bits per heavy atom. The van der Waals surface area contributed by atoms with Gasteiger partial charge in [0.1, 0.15) is 22.5 Å². The molecule has 1 aliphatic carbocycles. The van der Waals surface area contributed by atoms with Crippen LogP contribution in [0.25, 0.3) is 83.9 Å². The summed E-state index contributed by atoms with van der Waals surface area (Å²) < 4.78 is 12.4. The number of furan rings is 2. The van der Waals surface area contributed by atoms with Crippen molar-refractivity contribution in [1.82, 2.24) is 15.0 Å². The van der Waals surface area contributed by atoms with Gasteiger partial charge in [-0.15, -0.1) is 0 Å². The molecular formula is C44H29N3O2. The smallest absolute Gasteiger partial charge is 0.164 e. The molecule has 49 heavy (non-hydrogen) atoms. The van der Waals surface area contributed by atoms with E-state index < -0.39 is 0 Å². The molecule has 1 aliphatic rings. The van der Waals surface area contributed by atoms with E-state index in [2.05, 4.69) is 110 Å². The third kappa shape index (κ3) is 4.43. The minimum Gasteiger partial charge on any atom is -0.456 e. The van der Waals surface area contributed by atoms with E-state index in [1.165, 1.54) is 16.5 Å². The van der Waals surface area contributed by atoms with Gasteiger partial charge < -0.3 is 8.83 Å². The summed E-state index contributed by atoms with van der Waals surface area (Å²) in [5.74, 6) is 2.78. The van der Waals surface area contributed by atoms with Crippen molar-refractivity contribution < 1.29 is 8.83 Å². The standard InChI is InChI=1S/C44H29N3O2/c1-44(23-9-18-39-40(44)34-15-5-7-17-37(34)49-39)32-13-8-12-29(25-32)41-45-42(30-20-19-27-10-2-3-11-28(27)24-30)47-43(46-41)31-21-22-38-35(26-31)33-14-4-6-16-36(33)48-38/h2-22,24-26H,23H2,1H3. The molecule has 9 aromatic rings. The highest BCUT2D eigenvalue weighted by Crippen LogP contribution is 2.46. The number of fused-ring (bicyclic) bond motifs is 7. The predicted molar refractivity (Wildman–Crippen MR) is 197 cm³/mol. The lowest BCUT2D eigenvalue weighted by molar-refractivity contribution is 0.535. The Kier molecular flexibility index (Phi) is 6.00. The molecule has 0 amide bonds. The molecule has 0 radical (unpaired) electrons. The van der Waals surface area contributed by atoms with Crippen LogP contribution in [0.1, 0.15) is 30.2 Å². The van der Waals surface area contributed by atoms with E-state index in [0.29, 0.717) is 17.5 Å². The van der Waals surface area contributed by atoms with Gasteiger partial charge in [0, 0.05) is 43.8 Å². The van der Waals surface area contributed by atoms with Gasteiger partial charge in [-0.3, -0.25) is 0 Å². The summed E-state index contributed by atoms with van der Waals surface area (Å²) in [5.41, 5.74) is 7.49. The van der Waals surface area contributed by atoms with Crippen LogP contribution in [0, 0.1) is 0 Å². The average Bonchev–Trinajstić information content (AvgIpc) is 3.73. The summed E-state index contributed by atoms with van der Waals surface area (Å²) in [6.07, 6.45) is 5.18. The quantitative estimate of drug-likeness (QED) is 0.193. The molecule has 232 valence electrons. The van der Waals surface area contributed by atoms with Crippen molar-refractivity contribution in [3.8, 4) is 34.2 Å². The Morgan fingerprint density at radius 3 is 1.96 bits per heavy atom. The van der Waals surface area contributed by atoms with E-state index in [1.54, 1.807) is 0 Å². The first-order valence-electron chi connectivity index (χ1n) is 16.6. The van der Waals surface area contributed by atoms with Crippen LogP contribution in [0.2, 0.25) is 0 Å². The number of para-hydroxylation sites is 2. The Morgan fingerprint density at radius 1 is 0.510 bits per heavy atom.